The van der Waals surface area contributed by atoms with Crippen molar-refractivity contribution in [2.45, 2.75) is 44.5 Å². The summed E-state index contributed by atoms with van der Waals surface area (Å²) in [6, 6.07) is 6.78. The number of hydrogen-bond donors (Lipinski definition) is 2. The quantitative estimate of drug-likeness (QED) is 0.793. The Morgan fingerprint density at radius 1 is 1.23 bits per heavy atom. The molecule has 2 fully saturated rings. The maximum absolute atomic E-state index is 12.6. The normalized spacial score (nSPS) is 26.8. The third-order valence-electron chi connectivity index (χ3n) is 5.27. The second kappa shape index (κ2) is 9.60. The highest BCUT2D eigenvalue weighted by molar-refractivity contribution is 5.85. The fourth-order valence-corrected chi connectivity index (χ4v) is 4.14. The third-order valence-corrected chi connectivity index (χ3v) is 5.27. The number of aliphatic hydroxyl groups is 1. The molecule has 0 radical (unpaired) electrons. The SMILES string of the molecule is Cl.Cl.O[C@H]1CCNC[C@]12CCCN(Cc1cccc(CC(F)(F)F)c1)C2. The van der Waals surface area contributed by atoms with Gasteiger partial charge < -0.3 is 10.4 Å². The second-order valence-electron chi connectivity index (χ2n) is 7.27. The Hall–Kier alpha value is -0.530. The molecule has 2 saturated heterocycles. The lowest BCUT2D eigenvalue weighted by Crippen LogP contribution is -2.57. The first-order valence-corrected chi connectivity index (χ1v) is 8.62. The standard InChI is InChI=1S/C18H25F3N2O.2ClH/c19-18(20,21)10-14-3-1-4-15(9-14)11-23-8-2-6-17(13-23)12-22-7-5-16(17)24;;/h1,3-4,9,16,22,24H,2,5-8,10-13H2;2*1H/t16-,17-;;/m0../s1. The van der Waals surface area contributed by atoms with E-state index < -0.39 is 12.6 Å². The van der Waals surface area contributed by atoms with Gasteiger partial charge >= 0.3 is 6.18 Å². The Morgan fingerprint density at radius 2 is 1.96 bits per heavy atom. The van der Waals surface area contributed by atoms with Crippen LogP contribution in [0.2, 0.25) is 0 Å². The third kappa shape index (κ3) is 5.99. The summed E-state index contributed by atoms with van der Waals surface area (Å²) in [5.74, 6) is 0. The zero-order valence-electron chi connectivity index (χ0n) is 14.6. The van der Waals surface area contributed by atoms with Gasteiger partial charge in [-0.3, -0.25) is 4.90 Å². The number of nitrogens with one attached hydrogen (secondary N) is 1. The van der Waals surface area contributed by atoms with Gasteiger partial charge in [-0.15, -0.1) is 24.8 Å². The van der Waals surface area contributed by atoms with E-state index in [-0.39, 0.29) is 36.3 Å². The molecule has 8 heteroatoms. The number of rotatable bonds is 3. The molecule has 0 amide bonds. The summed E-state index contributed by atoms with van der Waals surface area (Å²) in [6.45, 7) is 4.03. The molecular formula is C18H27Cl2F3N2O. The predicted octanol–water partition coefficient (Wildman–Crippen LogP) is 3.57. The van der Waals surface area contributed by atoms with Gasteiger partial charge in [-0.05, 0) is 43.5 Å². The highest BCUT2D eigenvalue weighted by Crippen LogP contribution is 2.36. The summed E-state index contributed by atoms with van der Waals surface area (Å²) in [5, 5.41) is 13.8. The van der Waals surface area contributed by atoms with Crippen molar-refractivity contribution in [3.63, 3.8) is 0 Å². The molecule has 2 aliphatic rings. The van der Waals surface area contributed by atoms with Crippen LogP contribution in [0, 0.1) is 5.41 Å². The Balaban J connectivity index is 0.00000169. The smallest absolute Gasteiger partial charge is 0.392 e. The van der Waals surface area contributed by atoms with Gasteiger partial charge in [0.25, 0.3) is 0 Å². The molecule has 26 heavy (non-hydrogen) atoms. The van der Waals surface area contributed by atoms with Gasteiger partial charge in [-0.1, -0.05) is 24.3 Å². The zero-order chi connectivity index (χ0) is 17.2. The predicted molar refractivity (Wildman–Crippen MR) is 101 cm³/mol. The Labute approximate surface area is 165 Å². The van der Waals surface area contributed by atoms with E-state index in [9.17, 15) is 18.3 Å². The van der Waals surface area contributed by atoms with E-state index >= 15 is 0 Å². The average Bonchev–Trinajstić information content (AvgIpc) is 2.49. The van der Waals surface area contributed by atoms with Crippen LogP contribution < -0.4 is 5.32 Å². The van der Waals surface area contributed by atoms with Crippen molar-refractivity contribution in [1.29, 1.82) is 0 Å². The lowest BCUT2D eigenvalue weighted by atomic mass is 9.72. The number of alkyl halides is 3. The summed E-state index contributed by atoms with van der Waals surface area (Å²) < 4.78 is 37.7. The van der Waals surface area contributed by atoms with Gasteiger partial charge in [0.2, 0.25) is 0 Å². The van der Waals surface area contributed by atoms with E-state index in [2.05, 4.69) is 10.2 Å². The number of benzene rings is 1. The van der Waals surface area contributed by atoms with E-state index in [0.29, 0.717) is 12.1 Å². The highest BCUT2D eigenvalue weighted by atomic mass is 35.5. The first kappa shape index (κ1) is 23.5. The monoisotopic (exact) mass is 414 g/mol. The maximum atomic E-state index is 12.6. The molecule has 2 N–H and O–H groups in total. The average molecular weight is 415 g/mol. The molecule has 2 aliphatic heterocycles. The fraction of sp³-hybridized carbons (Fsp3) is 0.667. The highest BCUT2D eigenvalue weighted by Gasteiger charge is 2.42. The van der Waals surface area contributed by atoms with Crippen molar-refractivity contribution in [3.8, 4) is 0 Å². The molecule has 0 bridgehead atoms. The Kier molecular flexibility index (Phi) is 8.68. The minimum atomic E-state index is -4.17. The Morgan fingerprint density at radius 3 is 2.65 bits per heavy atom. The molecule has 1 spiro atoms. The number of piperidine rings is 2. The largest absolute Gasteiger partial charge is 0.393 e. The van der Waals surface area contributed by atoms with Gasteiger partial charge in [-0.25, -0.2) is 0 Å². The lowest BCUT2D eigenvalue weighted by Gasteiger charge is -2.48. The second-order valence-corrected chi connectivity index (χ2v) is 7.27. The van der Waals surface area contributed by atoms with E-state index in [4.69, 9.17) is 0 Å². The summed E-state index contributed by atoms with van der Waals surface area (Å²) >= 11 is 0. The molecular weight excluding hydrogens is 388 g/mol. The first-order chi connectivity index (χ1) is 11.4. The molecule has 3 rings (SSSR count). The molecule has 0 unspecified atom stereocenters. The van der Waals surface area contributed by atoms with Crippen molar-refractivity contribution in [2.24, 2.45) is 5.41 Å². The molecule has 1 aromatic rings. The van der Waals surface area contributed by atoms with Crippen LogP contribution >= 0.6 is 24.8 Å². The van der Waals surface area contributed by atoms with Gasteiger partial charge in [-0.2, -0.15) is 13.2 Å². The molecule has 2 heterocycles. The summed E-state index contributed by atoms with van der Waals surface area (Å²) in [4.78, 5) is 2.27. The molecule has 0 aliphatic carbocycles. The number of aliphatic hydroxyl groups excluding tert-OH is 1. The lowest BCUT2D eigenvalue weighted by molar-refractivity contribution is -0.127. The zero-order valence-corrected chi connectivity index (χ0v) is 16.2. The van der Waals surface area contributed by atoms with E-state index in [0.717, 1.165) is 51.0 Å². The van der Waals surface area contributed by atoms with E-state index in [1.54, 1.807) is 12.1 Å². The fourth-order valence-electron chi connectivity index (χ4n) is 4.14. The molecule has 0 saturated carbocycles. The Bertz CT molecular complexity index is 570. The van der Waals surface area contributed by atoms with Gasteiger partial charge in [0, 0.05) is 25.0 Å². The van der Waals surface area contributed by atoms with Gasteiger partial charge in [0.1, 0.15) is 0 Å². The van der Waals surface area contributed by atoms with Crippen LogP contribution in [0.15, 0.2) is 24.3 Å². The number of likely N-dealkylation sites (tertiary alicyclic amines) is 1. The van der Waals surface area contributed by atoms with Gasteiger partial charge in [0.05, 0.1) is 12.5 Å². The molecule has 3 nitrogen and oxygen atoms in total. The molecule has 2 atom stereocenters. The molecule has 150 valence electrons. The van der Waals surface area contributed by atoms with Crippen LogP contribution in [0.3, 0.4) is 0 Å². The topological polar surface area (TPSA) is 35.5 Å². The van der Waals surface area contributed by atoms with Crippen LogP contribution in [-0.4, -0.2) is 48.5 Å². The molecule has 1 aromatic carbocycles. The minimum absolute atomic E-state index is 0. The molecule has 0 aromatic heterocycles. The van der Waals surface area contributed by atoms with Crippen LogP contribution in [0.25, 0.3) is 0 Å². The summed E-state index contributed by atoms with van der Waals surface area (Å²) in [7, 11) is 0. The number of halogens is 5. The maximum Gasteiger partial charge on any atom is 0.393 e. The number of nitrogens with zero attached hydrogens (tertiary/aromatic N) is 1. The van der Waals surface area contributed by atoms with Crippen LogP contribution in [0.4, 0.5) is 13.2 Å². The van der Waals surface area contributed by atoms with Crippen LogP contribution in [-0.2, 0) is 13.0 Å². The first-order valence-electron chi connectivity index (χ1n) is 8.62. The van der Waals surface area contributed by atoms with Gasteiger partial charge in [0.15, 0.2) is 0 Å². The van der Waals surface area contributed by atoms with Crippen molar-refractivity contribution < 1.29 is 18.3 Å². The van der Waals surface area contributed by atoms with E-state index in [1.807, 2.05) is 6.07 Å². The summed E-state index contributed by atoms with van der Waals surface area (Å²) in [6.07, 6.45) is -2.56. The van der Waals surface area contributed by atoms with Crippen molar-refractivity contribution in [3.05, 3.63) is 35.4 Å². The van der Waals surface area contributed by atoms with Crippen LogP contribution in [0.1, 0.15) is 30.4 Å². The van der Waals surface area contributed by atoms with Crippen LogP contribution in [0.5, 0.6) is 0 Å². The summed E-state index contributed by atoms with van der Waals surface area (Å²) in [5.41, 5.74) is 1.11. The van der Waals surface area contributed by atoms with Crippen molar-refractivity contribution in [1.82, 2.24) is 10.2 Å². The van der Waals surface area contributed by atoms with Crippen molar-refractivity contribution in [2.75, 3.05) is 26.2 Å². The van der Waals surface area contributed by atoms with E-state index in [1.165, 1.54) is 6.07 Å². The minimum Gasteiger partial charge on any atom is -0.392 e. The van der Waals surface area contributed by atoms with Crippen molar-refractivity contribution >= 4 is 24.8 Å². The number of hydrogen-bond acceptors (Lipinski definition) is 3.